The quantitative estimate of drug-likeness (QED) is 0.398. The average Bonchev–Trinajstić information content (AvgIpc) is 3.33. The highest BCUT2D eigenvalue weighted by Crippen LogP contribution is 2.11. The Bertz CT molecular complexity index is 781. The van der Waals surface area contributed by atoms with E-state index in [4.69, 9.17) is 5.11 Å². The molecule has 5 N–H and O–H groups in total. The van der Waals surface area contributed by atoms with Crippen LogP contribution in [0.2, 0.25) is 0 Å². The fourth-order valence-electron chi connectivity index (χ4n) is 1.96. The van der Waals surface area contributed by atoms with Crippen molar-refractivity contribution in [3.8, 4) is 0 Å². The topological polar surface area (TPSA) is 150 Å². The van der Waals surface area contributed by atoms with Crippen molar-refractivity contribution >= 4 is 11.8 Å². The molecule has 2 aromatic heterocycles. The number of aliphatic hydroxyl groups excluding tert-OH is 1. The number of H-pyrrole nitrogens is 1. The first-order chi connectivity index (χ1) is 12.9. The van der Waals surface area contributed by atoms with Crippen LogP contribution in [0.3, 0.4) is 0 Å². The highest BCUT2D eigenvalue weighted by molar-refractivity contribution is 5.88. The highest BCUT2D eigenvalue weighted by atomic mass is 16.3. The lowest BCUT2D eigenvalue weighted by Crippen LogP contribution is -2.41. The number of imidazole rings is 1. The van der Waals surface area contributed by atoms with E-state index in [1.54, 1.807) is 33.2 Å². The molecular formula is C16H24N8O3. The first-order valence-electron chi connectivity index (χ1n) is 8.41. The summed E-state index contributed by atoms with van der Waals surface area (Å²) in [5, 5.41) is 22.2. The zero-order valence-corrected chi connectivity index (χ0v) is 15.4. The maximum Gasteiger partial charge on any atom is 0.249 e. The van der Waals surface area contributed by atoms with Gasteiger partial charge < -0.3 is 20.7 Å². The maximum absolute atomic E-state index is 12.6. The summed E-state index contributed by atoms with van der Waals surface area (Å²) >= 11 is 0. The number of amides is 2. The number of carbonyl (C=O) groups excluding carboxylic acids is 2. The second-order valence-electron chi connectivity index (χ2n) is 6.25. The molecule has 0 saturated heterocycles. The molecule has 0 aliphatic carbocycles. The van der Waals surface area contributed by atoms with Crippen LogP contribution < -0.4 is 16.1 Å². The summed E-state index contributed by atoms with van der Waals surface area (Å²) in [5.74, 6) is -0.901. The first-order valence-corrected chi connectivity index (χ1v) is 8.41. The standard InChI is InChI=1S/C16H24N8O3/c1-10(2)15(26)21-14(13-6-17-9-19-13)16(27)18-5-12-7-24(23-22-12)20-4-11(3)8-25/h4,6-7,9-10,14,20,25H,5,8H2,1-3H3,(H,17,19)(H,18,27)(H,21,26)/b11-4-. The second kappa shape index (κ2) is 9.48. The smallest absolute Gasteiger partial charge is 0.249 e. The molecule has 0 radical (unpaired) electrons. The first kappa shape index (κ1) is 20.1. The molecule has 0 aromatic carbocycles. The predicted molar refractivity (Wildman–Crippen MR) is 96.4 cm³/mol. The molecule has 0 saturated carbocycles. The van der Waals surface area contributed by atoms with Crippen molar-refractivity contribution in [2.75, 3.05) is 12.0 Å². The molecule has 2 rings (SSSR count). The zero-order chi connectivity index (χ0) is 19.8. The Balaban J connectivity index is 1.97. The molecule has 2 amide bonds. The Morgan fingerprint density at radius 2 is 2.15 bits per heavy atom. The minimum Gasteiger partial charge on any atom is -0.392 e. The molecule has 2 heterocycles. The van der Waals surface area contributed by atoms with Gasteiger partial charge in [0.15, 0.2) is 0 Å². The number of aromatic amines is 1. The lowest BCUT2D eigenvalue weighted by atomic mass is 10.1. The lowest BCUT2D eigenvalue weighted by molar-refractivity contribution is -0.130. The van der Waals surface area contributed by atoms with Gasteiger partial charge in [0.25, 0.3) is 0 Å². The molecule has 1 unspecified atom stereocenters. The number of hydrogen-bond acceptors (Lipinski definition) is 7. The van der Waals surface area contributed by atoms with Crippen LogP contribution in [0.15, 0.2) is 30.5 Å². The van der Waals surface area contributed by atoms with Crippen LogP contribution in [0, 0.1) is 5.92 Å². The zero-order valence-electron chi connectivity index (χ0n) is 15.4. The van der Waals surface area contributed by atoms with Crippen molar-refractivity contribution in [3.63, 3.8) is 0 Å². The third-order valence-electron chi connectivity index (χ3n) is 3.58. The van der Waals surface area contributed by atoms with Crippen LogP contribution in [0.25, 0.3) is 0 Å². The Hall–Kier alpha value is -3.21. The van der Waals surface area contributed by atoms with E-state index in [2.05, 4.69) is 36.3 Å². The Kier molecular flexibility index (Phi) is 7.06. The van der Waals surface area contributed by atoms with Crippen molar-refractivity contribution in [2.24, 2.45) is 5.92 Å². The lowest BCUT2D eigenvalue weighted by Gasteiger charge is -2.18. The monoisotopic (exact) mass is 376 g/mol. The Labute approximate surface area is 156 Å². The summed E-state index contributed by atoms with van der Waals surface area (Å²) < 4.78 is 0. The fourth-order valence-corrected chi connectivity index (χ4v) is 1.96. The van der Waals surface area contributed by atoms with Crippen LogP contribution >= 0.6 is 0 Å². The summed E-state index contributed by atoms with van der Waals surface area (Å²) in [6.45, 7) is 5.31. The third kappa shape index (κ3) is 5.92. The van der Waals surface area contributed by atoms with E-state index >= 15 is 0 Å². The number of carbonyl (C=O) groups is 2. The summed E-state index contributed by atoms with van der Waals surface area (Å²) in [5.41, 5.74) is 4.55. The molecule has 0 aliphatic rings. The minimum absolute atomic E-state index is 0.0678. The Morgan fingerprint density at radius 1 is 1.37 bits per heavy atom. The Morgan fingerprint density at radius 3 is 2.78 bits per heavy atom. The number of rotatable bonds is 9. The average molecular weight is 376 g/mol. The fraction of sp³-hybridized carbons (Fsp3) is 0.438. The molecular weight excluding hydrogens is 352 g/mol. The third-order valence-corrected chi connectivity index (χ3v) is 3.58. The van der Waals surface area contributed by atoms with Crippen LogP contribution in [0.1, 0.15) is 38.2 Å². The van der Waals surface area contributed by atoms with Crippen molar-refractivity contribution in [2.45, 2.75) is 33.4 Å². The van der Waals surface area contributed by atoms with Crippen LogP contribution in [-0.4, -0.2) is 48.6 Å². The van der Waals surface area contributed by atoms with E-state index in [0.29, 0.717) is 11.4 Å². The van der Waals surface area contributed by atoms with Gasteiger partial charge in [0.1, 0.15) is 11.7 Å². The predicted octanol–water partition coefficient (Wildman–Crippen LogP) is -0.429. The van der Waals surface area contributed by atoms with Gasteiger partial charge in [-0.05, 0) is 17.7 Å². The summed E-state index contributed by atoms with van der Waals surface area (Å²) in [6.07, 6.45) is 6.11. The molecule has 0 aliphatic heterocycles. The molecule has 146 valence electrons. The van der Waals surface area contributed by atoms with Gasteiger partial charge in [-0.3, -0.25) is 15.0 Å². The highest BCUT2D eigenvalue weighted by Gasteiger charge is 2.25. The number of aromatic nitrogens is 5. The molecule has 11 nitrogen and oxygen atoms in total. The van der Waals surface area contributed by atoms with E-state index in [1.807, 2.05) is 0 Å². The minimum atomic E-state index is -0.884. The number of nitrogens with zero attached hydrogens (tertiary/aromatic N) is 4. The van der Waals surface area contributed by atoms with Crippen molar-refractivity contribution in [1.29, 1.82) is 0 Å². The van der Waals surface area contributed by atoms with Crippen LogP contribution in [0.4, 0.5) is 0 Å². The largest absolute Gasteiger partial charge is 0.392 e. The maximum atomic E-state index is 12.6. The van der Waals surface area contributed by atoms with E-state index < -0.39 is 11.9 Å². The van der Waals surface area contributed by atoms with Crippen LogP contribution in [0.5, 0.6) is 0 Å². The van der Waals surface area contributed by atoms with Gasteiger partial charge in [-0.1, -0.05) is 13.8 Å². The molecule has 2 aromatic rings. The van der Waals surface area contributed by atoms with E-state index in [0.717, 1.165) is 5.57 Å². The van der Waals surface area contributed by atoms with Crippen molar-refractivity contribution < 1.29 is 14.7 Å². The molecule has 27 heavy (non-hydrogen) atoms. The van der Waals surface area contributed by atoms with Gasteiger partial charge in [0.2, 0.25) is 11.8 Å². The number of nitrogens with one attached hydrogen (secondary N) is 4. The van der Waals surface area contributed by atoms with E-state index in [9.17, 15) is 9.59 Å². The van der Waals surface area contributed by atoms with Crippen LogP contribution in [-0.2, 0) is 16.1 Å². The summed E-state index contributed by atoms with van der Waals surface area (Å²) in [6, 6.07) is -0.884. The van der Waals surface area contributed by atoms with Gasteiger partial charge in [-0.2, -0.15) is 4.79 Å². The van der Waals surface area contributed by atoms with E-state index in [1.165, 1.54) is 17.3 Å². The molecule has 0 bridgehead atoms. The number of hydrogen-bond donors (Lipinski definition) is 5. The molecule has 0 spiro atoms. The number of aliphatic hydroxyl groups is 1. The van der Waals surface area contributed by atoms with Gasteiger partial charge in [-0.25, -0.2) is 4.98 Å². The molecule has 1 atom stereocenters. The van der Waals surface area contributed by atoms with Gasteiger partial charge >= 0.3 is 0 Å². The molecule has 0 fully saturated rings. The van der Waals surface area contributed by atoms with Gasteiger partial charge in [0, 0.05) is 12.1 Å². The normalized spacial score (nSPS) is 12.7. The van der Waals surface area contributed by atoms with Crippen molar-refractivity contribution in [1.82, 2.24) is 35.7 Å². The van der Waals surface area contributed by atoms with Crippen molar-refractivity contribution in [3.05, 3.63) is 41.9 Å². The second-order valence-corrected chi connectivity index (χ2v) is 6.25. The SMILES string of the molecule is C/C(=C/Nn1cc(CNC(=O)C(NC(=O)C(C)C)c2cnc[nH]2)nn1)CO. The van der Waals surface area contributed by atoms with E-state index in [-0.39, 0.29) is 25.0 Å². The summed E-state index contributed by atoms with van der Waals surface area (Å²) in [4.78, 5) is 32.6. The van der Waals surface area contributed by atoms with Gasteiger partial charge in [-0.15, -0.1) is 5.10 Å². The molecule has 11 heteroatoms. The van der Waals surface area contributed by atoms with Gasteiger partial charge in [0.05, 0.1) is 37.6 Å². The summed E-state index contributed by atoms with van der Waals surface area (Å²) in [7, 11) is 0.